The third kappa shape index (κ3) is 4.00. The summed E-state index contributed by atoms with van der Waals surface area (Å²) in [6, 6.07) is 66.1. The number of hydrogen-bond donors (Lipinski definition) is 0. The van der Waals surface area contributed by atoms with Gasteiger partial charge in [0.15, 0.2) is 0 Å². The fourth-order valence-corrected chi connectivity index (χ4v) is 7.84. The molecule has 0 radical (unpaired) electrons. The zero-order valence-electron chi connectivity index (χ0n) is 26.2. The van der Waals surface area contributed by atoms with E-state index >= 15 is 0 Å². The summed E-state index contributed by atoms with van der Waals surface area (Å²) in [5.41, 5.74) is 14.5. The maximum absolute atomic E-state index is 2.46. The molecule has 0 saturated carbocycles. The van der Waals surface area contributed by atoms with E-state index in [0.717, 1.165) is 22.7 Å². The summed E-state index contributed by atoms with van der Waals surface area (Å²) in [4.78, 5) is 2.35. The van der Waals surface area contributed by atoms with Gasteiger partial charge in [-0.3, -0.25) is 0 Å². The fraction of sp³-hybridized carbons (Fsp3) is 0. The lowest BCUT2D eigenvalue weighted by atomic mass is 9.93. The van der Waals surface area contributed by atoms with Crippen LogP contribution >= 0.6 is 0 Å². The molecule has 0 bridgehead atoms. The van der Waals surface area contributed by atoms with Gasteiger partial charge in [-0.25, -0.2) is 0 Å². The molecule has 0 aliphatic heterocycles. The first-order chi connectivity index (χ1) is 23.8. The van der Waals surface area contributed by atoms with E-state index in [-0.39, 0.29) is 0 Å². The molecule has 1 aliphatic carbocycles. The van der Waals surface area contributed by atoms with E-state index in [1.165, 1.54) is 66.0 Å². The Hall–Kier alpha value is -6.38. The van der Waals surface area contributed by atoms with Crippen molar-refractivity contribution in [1.29, 1.82) is 0 Å². The lowest BCUT2D eigenvalue weighted by Crippen LogP contribution is -2.10. The van der Waals surface area contributed by atoms with E-state index in [2.05, 4.69) is 191 Å². The topological polar surface area (TPSA) is 8.17 Å². The molecular weight excluding hydrogens is 581 g/mol. The summed E-state index contributed by atoms with van der Waals surface area (Å²) in [7, 11) is 0. The Labute approximate surface area is 279 Å². The molecule has 0 N–H and O–H groups in total. The van der Waals surface area contributed by atoms with E-state index in [1.54, 1.807) is 0 Å². The Morgan fingerprint density at radius 1 is 0.333 bits per heavy atom. The van der Waals surface area contributed by atoms with Crippen molar-refractivity contribution in [2.24, 2.45) is 0 Å². The predicted octanol–water partition coefficient (Wildman–Crippen LogP) is 12.7. The molecule has 2 nitrogen and oxygen atoms in total. The van der Waals surface area contributed by atoms with Crippen molar-refractivity contribution in [1.82, 2.24) is 4.57 Å². The van der Waals surface area contributed by atoms with Crippen LogP contribution in [-0.2, 0) is 0 Å². The molecule has 2 heteroatoms. The van der Waals surface area contributed by atoms with Gasteiger partial charge in [-0.05, 0) is 98.8 Å². The maximum atomic E-state index is 2.46. The maximum Gasteiger partial charge on any atom is 0.0548 e. The number of rotatable bonds is 5. The minimum Gasteiger partial charge on any atom is -0.310 e. The highest BCUT2D eigenvalue weighted by atomic mass is 15.1. The van der Waals surface area contributed by atoms with E-state index in [1.807, 2.05) is 0 Å². The summed E-state index contributed by atoms with van der Waals surface area (Å²) in [5.74, 6) is 0. The molecule has 0 amide bonds. The van der Waals surface area contributed by atoms with Crippen molar-refractivity contribution in [2.75, 3.05) is 4.90 Å². The van der Waals surface area contributed by atoms with Crippen molar-refractivity contribution in [2.45, 2.75) is 0 Å². The Morgan fingerprint density at radius 2 is 0.896 bits per heavy atom. The quantitative estimate of drug-likeness (QED) is 0.188. The summed E-state index contributed by atoms with van der Waals surface area (Å²) in [6.07, 6.45) is 0. The van der Waals surface area contributed by atoms with Crippen molar-refractivity contribution in [3.63, 3.8) is 0 Å². The minimum atomic E-state index is 1.11. The molecule has 1 aromatic heterocycles. The van der Waals surface area contributed by atoms with Crippen LogP contribution in [0.2, 0.25) is 0 Å². The molecule has 0 atom stereocenters. The average Bonchev–Trinajstić information content (AvgIpc) is 3.44. The monoisotopic (exact) mass is 610 g/mol. The standard InChI is InChI=1S/C46H30N2/c1-3-12-31(13-4-1)32-24-27-35(28-25-32)47(34-15-5-2-6-16-34)36-17-10-18-37(30-36)48-42-23-11-22-41-39-20-8-7-19-38(39)40-21-9-14-33-26-29-43(48)46(44(33)40)45(41)42/h1-30H. The van der Waals surface area contributed by atoms with Gasteiger partial charge in [0.25, 0.3) is 0 Å². The molecule has 9 aromatic rings. The second-order valence-electron chi connectivity index (χ2n) is 12.5. The Kier molecular flexibility index (Phi) is 5.91. The number of benzene rings is 8. The van der Waals surface area contributed by atoms with Crippen LogP contribution < -0.4 is 4.90 Å². The SMILES string of the molecule is c1ccc(-c2ccc(N(c3ccccc3)c3cccc(-n4c5cccc6c5c5c7c(cccc7ccc54)-c4ccccc4-6)c3)cc2)cc1. The van der Waals surface area contributed by atoms with Crippen LogP contribution in [0.4, 0.5) is 17.1 Å². The van der Waals surface area contributed by atoms with Gasteiger partial charge in [0.2, 0.25) is 0 Å². The molecule has 10 rings (SSSR count). The Morgan fingerprint density at radius 3 is 1.67 bits per heavy atom. The van der Waals surface area contributed by atoms with E-state index in [9.17, 15) is 0 Å². The van der Waals surface area contributed by atoms with Gasteiger partial charge in [0.1, 0.15) is 0 Å². The van der Waals surface area contributed by atoms with Crippen LogP contribution in [-0.4, -0.2) is 4.57 Å². The van der Waals surface area contributed by atoms with E-state index in [0.29, 0.717) is 0 Å². The first-order valence-electron chi connectivity index (χ1n) is 16.5. The number of aromatic nitrogens is 1. The van der Waals surface area contributed by atoms with E-state index in [4.69, 9.17) is 0 Å². The lowest BCUT2D eigenvalue weighted by molar-refractivity contribution is 1.17. The number of anilines is 3. The first kappa shape index (κ1) is 26.8. The van der Waals surface area contributed by atoms with E-state index < -0.39 is 0 Å². The molecule has 224 valence electrons. The molecule has 8 aromatic carbocycles. The van der Waals surface area contributed by atoms with Crippen LogP contribution in [0.3, 0.4) is 0 Å². The zero-order chi connectivity index (χ0) is 31.6. The molecule has 1 heterocycles. The Balaban J connectivity index is 1.20. The summed E-state index contributed by atoms with van der Waals surface area (Å²) in [6.45, 7) is 0. The van der Waals surface area contributed by atoms with Crippen molar-refractivity contribution in [3.8, 4) is 39.1 Å². The Bertz CT molecular complexity index is 2650. The predicted molar refractivity (Wildman–Crippen MR) is 203 cm³/mol. The van der Waals surface area contributed by atoms with Crippen LogP contribution in [0, 0.1) is 0 Å². The van der Waals surface area contributed by atoms with Gasteiger partial charge < -0.3 is 9.47 Å². The second-order valence-corrected chi connectivity index (χ2v) is 12.5. The number of nitrogens with zero attached hydrogens (tertiary/aromatic N) is 2. The van der Waals surface area contributed by atoms with Crippen molar-refractivity contribution >= 4 is 49.6 Å². The molecule has 0 fully saturated rings. The van der Waals surface area contributed by atoms with Crippen LogP contribution in [0.5, 0.6) is 0 Å². The summed E-state index contributed by atoms with van der Waals surface area (Å²) >= 11 is 0. The van der Waals surface area contributed by atoms with Crippen LogP contribution in [0.1, 0.15) is 0 Å². The third-order valence-corrected chi connectivity index (χ3v) is 9.90. The van der Waals surface area contributed by atoms with Gasteiger partial charge in [-0.2, -0.15) is 0 Å². The van der Waals surface area contributed by atoms with Gasteiger partial charge in [-0.1, -0.05) is 127 Å². The lowest BCUT2D eigenvalue weighted by Gasteiger charge is -2.26. The van der Waals surface area contributed by atoms with Crippen LogP contribution in [0.25, 0.3) is 71.6 Å². The fourth-order valence-electron chi connectivity index (χ4n) is 7.84. The average molecular weight is 611 g/mol. The summed E-state index contributed by atoms with van der Waals surface area (Å²) < 4.78 is 2.46. The molecular formula is C46H30N2. The molecule has 0 unspecified atom stereocenters. The van der Waals surface area contributed by atoms with Crippen molar-refractivity contribution < 1.29 is 0 Å². The number of hydrogen-bond acceptors (Lipinski definition) is 1. The summed E-state index contributed by atoms with van der Waals surface area (Å²) in [5, 5.41) is 5.24. The minimum absolute atomic E-state index is 1.11. The van der Waals surface area contributed by atoms with Crippen molar-refractivity contribution in [3.05, 3.63) is 182 Å². The molecule has 0 saturated heterocycles. The first-order valence-corrected chi connectivity index (χ1v) is 16.5. The van der Waals surface area contributed by atoms with Gasteiger partial charge in [-0.15, -0.1) is 0 Å². The van der Waals surface area contributed by atoms with Gasteiger partial charge in [0, 0.05) is 33.5 Å². The number of fused-ring (bicyclic) bond motifs is 3. The highest BCUT2D eigenvalue weighted by Crippen LogP contribution is 2.49. The highest BCUT2D eigenvalue weighted by Gasteiger charge is 2.24. The van der Waals surface area contributed by atoms with Gasteiger partial charge in [0.05, 0.1) is 11.0 Å². The zero-order valence-corrected chi connectivity index (χ0v) is 26.2. The molecule has 48 heavy (non-hydrogen) atoms. The van der Waals surface area contributed by atoms with Gasteiger partial charge >= 0.3 is 0 Å². The van der Waals surface area contributed by atoms with Crippen LogP contribution in [0.15, 0.2) is 182 Å². The number of para-hydroxylation sites is 1. The molecule has 1 aliphatic rings. The normalized spacial score (nSPS) is 11.8. The largest absolute Gasteiger partial charge is 0.310 e. The smallest absolute Gasteiger partial charge is 0.0548 e. The second kappa shape index (κ2) is 10.6. The highest BCUT2D eigenvalue weighted by molar-refractivity contribution is 6.30. The third-order valence-electron chi connectivity index (χ3n) is 9.90. The molecule has 0 spiro atoms.